The van der Waals surface area contributed by atoms with Crippen LogP contribution in [-0.2, 0) is 10.2 Å². The molecule has 16 heavy (non-hydrogen) atoms. The first-order valence-electron chi connectivity index (χ1n) is 5.14. The Kier molecular flexibility index (Phi) is 2.46. The standard InChI is InChI=1S/C12H13FO3/c1-7-4-8(2-3-10(7)13)12(11(15)16)5-9(14)6-12/h2-4,9,14H,5-6H2,1H3,(H,15,16). The molecule has 0 unspecified atom stereocenters. The zero-order valence-corrected chi connectivity index (χ0v) is 8.90. The van der Waals surface area contributed by atoms with Crippen molar-refractivity contribution in [2.24, 2.45) is 0 Å². The van der Waals surface area contributed by atoms with Crippen LogP contribution >= 0.6 is 0 Å². The van der Waals surface area contributed by atoms with E-state index in [0.29, 0.717) is 11.1 Å². The minimum Gasteiger partial charge on any atom is -0.481 e. The molecule has 1 aliphatic carbocycles. The van der Waals surface area contributed by atoms with Crippen molar-refractivity contribution < 1.29 is 19.4 Å². The Morgan fingerprint density at radius 3 is 2.56 bits per heavy atom. The fourth-order valence-electron chi connectivity index (χ4n) is 2.22. The summed E-state index contributed by atoms with van der Waals surface area (Å²) < 4.78 is 13.1. The molecule has 1 aliphatic rings. The van der Waals surface area contributed by atoms with E-state index in [0.717, 1.165) is 0 Å². The molecule has 0 radical (unpaired) electrons. The smallest absolute Gasteiger partial charge is 0.314 e. The van der Waals surface area contributed by atoms with E-state index in [1.807, 2.05) is 0 Å². The lowest BCUT2D eigenvalue weighted by Gasteiger charge is -2.42. The van der Waals surface area contributed by atoms with Crippen LogP contribution in [0.2, 0.25) is 0 Å². The number of carbonyl (C=O) groups is 1. The molecule has 1 aromatic rings. The lowest BCUT2D eigenvalue weighted by atomic mass is 9.62. The van der Waals surface area contributed by atoms with E-state index in [2.05, 4.69) is 0 Å². The monoisotopic (exact) mass is 224 g/mol. The average molecular weight is 224 g/mol. The Hall–Kier alpha value is -1.42. The van der Waals surface area contributed by atoms with Crippen molar-refractivity contribution in [2.45, 2.75) is 31.3 Å². The van der Waals surface area contributed by atoms with Gasteiger partial charge < -0.3 is 10.2 Å². The van der Waals surface area contributed by atoms with Crippen molar-refractivity contribution in [3.05, 3.63) is 35.1 Å². The third kappa shape index (κ3) is 1.50. The third-order valence-corrected chi connectivity index (χ3v) is 3.29. The van der Waals surface area contributed by atoms with E-state index in [9.17, 15) is 19.4 Å². The first-order valence-corrected chi connectivity index (χ1v) is 5.14. The molecule has 0 spiro atoms. The van der Waals surface area contributed by atoms with Gasteiger partial charge in [-0.3, -0.25) is 4.79 Å². The summed E-state index contributed by atoms with van der Waals surface area (Å²) in [5.41, 5.74) is -0.0264. The third-order valence-electron chi connectivity index (χ3n) is 3.29. The predicted molar refractivity (Wildman–Crippen MR) is 55.7 cm³/mol. The lowest BCUT2D eigenvalue weighted by Crippen LogP contribution is -2.50. The number of aliphatic carboxylic acids is 1. The Labute approximate surface area is 92.5 Å². The van der Waals surface area contributed by atoms with Crippen LogP contribution < -0.4 is 0 Å². The molecule has 2 rings (SSSR count). The minimum absolute atomic E-state index is 0.202. The van der Waals surface area contributed by atoms with Gasteiger partial charge in [0, 0.05) is 0 Å². The number of hydrogen-bond donors (Lipinski definition) is 2. The second-order valence-electron chi connectivity index (χ2n) is 4.41. The van der Waals surface area contributed by atoms with Gasteiger partial charge in [0.15, 0.2) is 0 Å². The van der Waals surface area contributed by atoms with E-state index in [4.69, 9.17) is 0 Å². The second kappa shape index (κ2) is 3.56. The predicted octanol–water partition coefficient (Wildman–Crippen LogP) is 1.61. The van der Waals surface area contributed by atoms with Crippen LogP contribution in [0.1, 0.15) is 24.0 Å². The summed E-state index contributed by atoms with van der Waals surface area (Å²) >= 11 is 0. The molecule has 0 atom stereocenters. The SMILES string of the molecule is Cc1cc(C2(C(=O)O)CC(O)C2)ccc1F. The highest BCUT2D eigenvalue weighted by Crippen LogP contribution is 2.44. The van der Waals surface area contributed by atoms with Gasteiger partial charge in [0.1, 0.15) is 5.82 Å². The van der Waals surface area contributed by atoms with E-state index in [-0.39, 0.29) is 18.7 Å². The maximum Gasteiger partial charge on any atom is 0.314 e. The number of aryl methyl sites for hydroxylation is 1. The normalized spacial score (nSPS) is 28.6. The summed E-state index contributed by atoms with van der Waals surface area (Å²) in [6.45, 7) is 1.60. The molecule has 0 saturated heterocycles. The molecule has 1 fully saturated rings. The van der Waals surface area contributed by atoms with Gasteiger partial charge in [0.05, 0.1) is 11.5 Å². The molecular weight excluding hydrogens is 211 g/mol. The van der Waals surface area contributed by atoms with E-state index >= 15 is 0 Å². The topological polar surface area (TPSA) is 57.5 Å². The van der Waals surface area contributed by atoms with Crippen LogP contribution in [0.3, 0.4) is 0 Å². The van der Waals surface area contributed by atoms with Gasteiger partial charge in [0.25, 0.3) is 0 Å². The maximum absolute atomic E-state index is 13.1. The Bertz CT molecular complexity index is 436. The molecule has 0 aliphatic heterocycles. The van der Waals surface area contributed by atoms with Crippen molar-refractivity contribution in [1.82, 2.24) is 0 Å². The zero-order chi connectivity index (χ0) is 11.9. The molecular formula is C12H13FO3. The van der Waals surface area contributed by atoms with E-state index < -0.39 is 17.5 Å². The van der Waals surface area contributed by atoms with Gasteiger partial charge in [-0.2, -0.15) is 0 Å². The molecule has 0 amide bonds. The number of benzene rings is 1. The minimum atomic E-state index is -1.03. The Morgan fingerprint density at radius 1 is 1.50 bits per heavy atom. The summed E-state index contributed by atoms with van der Waals surface area (Å²) in [5, 5.41) is 18.5. The van der Waals surface area contributed by atoms with Gasteiger partial charge in [0.2, 0.25) is 0 Å². The maximum atomic E-state index is 13.1. The van der Waals surface area contributed by atoms with Crippen molar-refractivity contribution in [2.75, 3.05) is 0 Å². The molecule has 1 aromatic carbocycles. The van der Waals surface area contributed by atoms with Gasteiger partial charge in [-0.05, 0) is 37.0 Å². The van der Waals surface area contributed by atoms with Crippen molar-refractivity contribution in [3.63, 3.8) is 0 Å². The van der Waals surface area contributed by atoms with Crippen molar-refractivity contribution >= 4 is 5.97 Å². The highest BCUT2D eigenvalue weighted by molar-refractivity contribution is 5.83. The van der Waals surface area contributed by atoms with Gasteiger partial charge in [-0.15, -0.1) is 0 Å². The lowest BCUT2D eigenvalue weighted by molar-refractivity contribution is -0.152. The first kappa shape index (κ1) is 11.1. The van der Waals surface area contributed by atoms with Crippen LogP contribution in [-0.4, -0.2) is 22.3 Å². The molecule has 0 heterocycles. The van der Waals surface area contributed by atoms with Crippen LogP contribution in [0, 0.1) is 12.7 Å². The summed E-state index contributed by atoms with van der Waals surface area (Å²) in [6.07, 6.45) is -0.165. The quantitative estimate of drug-likeness (QED) is 0.802. The van der Waals surface area contributed by atoms with E-state index in [1.165, 1.54) is 12.1 Å². The number of aliphatic hydroxyl groups is 1. The fourth-order valence-corrected chi connectivity index (χ4v) is 2.22. The molecule has 0 aromatic heterocycles. The highest BCUT2D eigenvalue weighted by Gasteiger charge is 2.51. The first-order chi connectivity index (χ1) is 7.45. The summed E-state index contributed by atoms with van der Waals surface area (Å²) in [7, 11) is 0. The number of hydrogen-bond acceptors (Lipinski definition) is 2. The molecule has 86 valence electrons. The average Bonchev–Trinajstić information content (AvgIpc) is 2.17. The summed E-state index contributed by atoms with van der Waals surface area (Å²) in [6, 6.07) is 4.32. The van der Waals surface area contributed by atoms with Crippen LogP contribution in [0.5, 0.6) is 0 Å². The van der Waals surface area contributed by atoms with E-state index in [1.54, 1.807) is 13.0 Å². The van der Waals surface area contributed by atoms with Crippen LogP contribution in [0.25, 0.3) is 0 Å². The Balaban J connectivity index is 2.41. The van der Waals surface area contributed by atoms with Gasteiger partial charge in [-0.1, -0.05) is 12.1 Å². The molecule has 2 N–H and O–H groups in total. The zero-order valence-electron chi connectivity index (χ0n) is 8.90. The van der Waals surface area contributed by atoms with Crippen LogP contribution in [0.4, 0.5) is 4.39 Å². The number of carboxylic acid groups (broad SMARTS) is 1. The summed E-state index contributed by atoms with van der Waals surface area (Å²) in [5.74, 6) is -1.30. The van der Waals surface area contributed by atoms with Gasteiger partial charge >= 0.3 is 5.97 Å². The fraction of sp³-hybridized carbons (Fsp3) is 0.417. The summed E-state index contributed by atoms with van der Waals surface area (Å²) in [4.78, 5) is 11.2. The molecule has 1 saturated carbocycles. The van der Waals surface area contributed by atoms with Crippen molar-refractivity contribution in [3.8, 4) is 0 Å². The second-order valence-corrected chi connectivity index (χ2v) is 4.41. The number of aliphatic hydroxyl groups excluding tert-OH is 1. The van der Waals surface area contributed by atoms with Crippen LogP contribution in [0.15, 0.2) is 18.2 Å². The van der Waals surface area contributed by atoms with Gasteiger partial charge in [-0.25, -0.2) is 4.39 Å². The largest absolute Gasteiger partial charge is 0.481 e. The molecule has 0 bridgehead atoms. The number of carboxylic acids is 1. The Morgan fingerprint density at radius 2 is 2.12 bits per heavy atom. The molecule has 3 nitrogen and oxygen atoms in total. The number of rotatable bonds is 2. The van der Waals surface area contributed by atoms with Crippen molar-refractivity contribution in [1.29, 1.82) is 0 Å². The number of halogens is 1. The molecule has 4 heteroatoms. The highest BCUT2D eigenvalue weighted by atomic mass is 19.1.